The summed E-state index contributed by atoms with van der Waals surface area (Å²) in [5, 5.41) is 16.6. The summed E-state index contributed by atoms with van der Waals surface area (Å²) in [6, 6.07) is -0.988. The summed E-state index contributed by atoms with van der Waals surface area (Å²) in [7, 11) is 1.21. The normalized spacial score (nSPS) is 12.2. The highest BCUT2D eigenvalue weighted by molar-refractivity contribution is 5.78. The van der Waals surface area contributed by atoms with Crippen molar-refractivity contribution in [3.63, 3.8) is 0 Å². The number of amides is 1. The average molecular weight is 147 g/mol. The summed E-state index contributed by atoms with van der Waals surface area (Å²) in [4.78, 5) is 21.0. The van der Waals surface area contributed by atoms with Crippen molar-refractivity contribution in [2.45, 2.75) is 13.0 Å². The fourth-order valence-corrected chi connectivity index (χ4v) is 0.331. The second kappa shape index (κ2) is 3.05. The summed E-state index contributed by atoms with van der Waals surface area (Å²) in [6.07, 6.45) is -1.24. The second-order valence-electron chi connectivity index (χ2n) is 1.91. The lowest BCUT2D eigenvalue weighted by atomic mass is 10.3. The van der Waals surface area contributed by atoms with Crippen LogP contribution >= 0.6 is 0 Å². The van der Waals surface area contributed by atoms with Gasteiger partial charge in [0.2, 0.25) is 0 Å². The van der Waals surface area contributed by atoms with Crippen LogP contribution in [0.2, 0.25) is 0 Å². The van der Waals surface area contributed by atoms with Crippen LogP contribution in [0.4, 0.5) is 4.79 Å². The zero-order valence-electron chi connectivity index (χ0n) is 5.74. The Hall–Kier alpha value is -1.26. The van der Waals surface area contributed by atoms with Crippen LogP contribution in [0.15, 0.2) is 0 Å². The van der Waals surface area contributed by atoms with Crippen LogP contribution in [-0.2, 0) is 4.79 Å². The standard InChI is InChI=1S/C5H9NO4/c1-3(4(7)8)6(2)5(9)10/h3H,1-2H3,(H,7,8)(H,9,10). The second-order valence-corrected chi connectivity index (χ2v) is 1.91. The maximum Gasteiger partial charge on any atom is 0.407 e. The van der Waals surface area contributed by atoms with E-state index in [2.05, 4.69) is 0 Å². The topological polar surface area (TPSA) is 77.8 Å². The van der Waals surface area contributed by atoms with Crippen molar-refractivity contribution in [2.24, 2.45) is 0 Å². The number of carboxylic acid groups (broad SMARTS) is 2. The van der Waals surface area contributed by atoms with Gasteiger partial charge in [-0.25, -0.2) is 9.59 Å². The Morgan fingerprint density at radius 3 is 1.90 bits per heavy atom. The molecule has 0 spiro atoms. The smallest absolute Gasteiger partial charge is 0.407 e. The summed E-state index contributed by atoms with van der Waals surface area (Å²) in [5.41, 5.74) is 0. The number of hydrogen-bond donors (Lipinski definition) is 2. The number of hydrogen-bond acceptors (Lipinski definition) is 2. The minimum Gasteiger partial charge on any atom is -0.480 e. The first-order valence-corrected chi connectivity index (χ1v) is 2.65. The van der Waals surface area contributed by atoms with Gasteiger partial charge < -0.3 is 10.2 Å². The Morgan fingerprint density at radius 2 is 1.80 bits per heavy atom. The highest BCUT2D eigenvalue weighted by atomic mass is 16.4. The molecule has 1 unspecified atom stereocenters. The van der Waals surface area contributed by atoms with Gasteiger partial charge in [-0.15, -0.1) is 0 Å². The molecule has 58 valence electrons. The first-order chi connectivity index (χ1) is 4.46. The van der Waals surface area contributed by atoms with Gasteiger partial charge in [0, 0.05) is 7.05 Å². The highest BCUT2D eigenvalue weighted by Crippen LogP contribution is 1.94. The largest absolute Gasteiger partial charge is 0.480 e. The van der Waals surface area contributed by atoms with E-state index in [9.17, 15) is 9.59 Å². The van der Waals surface area contributed by atoms with Crippen LogP contribution in [0.5, 0.6) is 0 Å². The fourth-order valence-electron chi connectivity index (χ4n) is 0.331. The molecule has 0 aromatic carbocycles. The van der Waals surface area contributed by atoms with Gasteiger partial charge in [0.05, 0.1) is 0 Å². The van der Waals surface area contributed by atoms with Crippen molar-refractivity contribution in [2.75, 3.05) is 7.05 Å². The molecule has 0 aliphatic heterocycles. The first kappa shape index (κ1) is 8.74. The minimum absolute atomic E-state index is 0.725. The van der Waals surface area contributed by atoms with Gasteiger partial charge in [0.1, 0.15) is 6.04 Å². The van der Waals surface area contributed by atoms with E-state index in [0.717, 1.165) is 4.90 Å². The predicted molar refractivity (Wildman–Crippen MR) is 32.9 cm³/mol. The van der Waals surface area contributed by atoms with Crippen LogP contribution in [-0.4, -0.2) is 40.3 Å². The highest BCUT2D eigenvalue weighted by Gasteiger charge is 2.20. The minimum atomic E-state index is -1.24. The number of aliphatic carboxylic acids is 1. The molecule has 0 aliphatic carbocycles. The van der Waals surface area contributed by atoms with Gasteiger partial charge in [-0.1, -0.05) is 0 Å². The van der Waals surface area contributed by atoms with Crippen molar-refractivity contribution in [3.05, 3.63) is 0 Å². The Morgan fingerprint density at radius 1 is 1.40 bits per heavy atom. The SMILES string of the molecule is CC(C(=O)O)N(C)C(=O)O. The van der Waals surface area contributed by atoms with E-state index < -0.39 is 18.1 Å². The Labute approximate surface area is 57.9 Å². The quantitative estimate of drug-likeness (QED) is 0.579. The van der Waals surface area contributed by atoms with E-state index >= 15 is 0 Å². The molecule has 0 radical (unpaired) electrons. The van der Waals surface area contributed by atoms with Crippen molar-refractivity contribution < 1.29 is 19.8 Å². The molecule has 10 heavy (non-hydrogen) atoms. The maximum absolute atomic E-state index is 10.1. The van der Waals surface area contributed by atoms with E-state index in [1.807, 2.05) is 0 Å². The third-order valence-electron chi connectivity index (χ3n) is 1.24. The van der Waals surface area contributed by atoms with Gasteiger partial charge in [-0.3, -0.25) is 4.90 Å². The molecule has 0 saturated heterocycles. The number of nitrogens with zero attached hydrogens (tertiary/aromatic N) is 1. The number of rotatable bonds is 2. The molecule has 0 aromatic heterocycles. The lowest BCUT2D eigenvalue weighted by Gasteiger charge is -2.16. The molecule has 5 nitrogen and oxygen atoms in total. The molecule has 1 amide bonds. The van der Waals surface area contributed by atoms with Gasteiger partial charge in [0.25, 0.3) is 0 Å². The Balaban J connectivity index is 4.07. The number of carboxylic acids is 1. The zero-order chi connectivity index (χ0) is 8.31. The third-order valence-corrected chi connectivity index (χ3v) is 1.24. The van der Waals surface area contributed by atoms with Crippen molar-refractivity contribution in [1.29, 1.82) is 0 Å². The van der Waals surface area contributed by atoms with Crippen LogP contribution in [0.25, 0.3) is 0 Å². The van der Waals surface area contributed by atoms with Crippen molar-refractivity contribution in [1.82, 2.24) is 4.90 Å². The van der Waals surface area contributed by atoms with Gasteiger partial charge >= 0.3 is 12.1 Å². The van der Waals surface area contributed by atoms with Crippen molar-refractivity contribution >= 4 is 12.1 Å². The molecule has 0 aromatic rings. The predicted octanol–water partition coefficient (Wildman–Crippen LogP) is 0.0693. The van der Waals surface area contributed by atoms with E-state index in [4.69, 9.17) is 10.2 Å². The molecule has 0 heterocycles. The molecule has 2 N–H and O–H groups in total. The molecule has 0 bridgehead atoms. The average Bonchev–Trinajstić information content (AvgIpc) is 1.84. The summed E-state index contributed by atoms with van der Waals surface area (Å²) in [6.45, 7) is 1.30. The summed E-state index contributed by atoms with van der Waals surface area (Å²) < 4.78 is 0. The molecule has 0 rings (SSSR count). The number of likely N-dealkylation sites (N-methyl/N-ethyl adjacent to an activating group) is 1. The first-order valence-electron chi connectivity index (χ1n) is 2.65. The van der Waals surface area contributed by atoms with Crippen LogP contribution < -0.4 is 0 Å². The van der Waals surface area contributed by atoms with E-state index in [-0.39, 0.29) is 0 Å². The lowest BCUT2D eigenvalue weighted by molar-refractivity contribution is -0.141. The number of carbonyl (C=O) groups is 2. The molecule has 1 atom stereocenters. The van der Waals surface area contributed by atoms with E-state index in [1.165, 1.54) is 14.0 Å². The van der Waals surface area contributed by atoms with E-state index in [0.29, 0.717) is 0 Å². The third kappa shape index (κ3) is 1.93. The van der Waals surface area contributed by atoms with Gasteiger partial charge in [-0.2, -0.15) is 0 Å². The Bertz CT molecular complexity index is 138. The van der Waals surface area contributed by atoms with Crippen molar-refractivity contribution in [3.8, 4) is 0 Å². The fraction of sp³-hybridized carbons (Fsp3) is 0.600. The van der Waals surface area contributed by atoms with Crippen LogP contribution in [0.3, 0.4) is 0 Å². The van der Waals surface area contributed by atoms with Gasteiger partial charge in [0.15, 0.2) is 0 Å². The van der Waals surface area contributed by atoms with Crippen LogP contribution in [0, 0.1) is 0 Å². The zero-order valence-corrected chi connectivity index (χ0v) is 5.74. The van der Waals surface area contributed by atoms with Crippen LogP contribution in [0.1, 0.15) is 6.92 Å². The molecule has 5 heteroatoms. The maximum atomic E-state index is 10.1. The Kier molecular flexibility index (Phi) is 2.66. The van der Waals surface area contributed by atoms with Gasteiger partial charge in [-0.05, 0) is 6.92 Å². The molecule has 0 aliphatic rings. The molecule has 0 fully saturated rings. The molecular formula is C5H9NO4. The molecular weight excluding hydrogens is 138 g/mol. The monoisotopic (exact) mass is 147 g/mol. The summed E-state index contributed by atoms with van der Waals surface area (Å²) >= 11 is 0. The summed E-state index contributed by atoms with van der Waals surface area (Å²) in [5.74, 6) is -1.15. The van der Waals surface area contributed by atoms with E-state index in [1.54, 1.807) is 0 Å². The lowest BCUT2D eigenvalue weighted by Crippen LogP contribution is -2.39. The molecule has 0 saturated carbocycles.